The SMILES string of the molecule is O=C(NC1CCCc2ccccc21)c1csc(C2CCN(C(=O)C3CCCCC3)CC2)n1. The first kappa shape index (κ1) is 21.6. The van der Waals surface area contributed by atoms with Crippen LogP contribution in [0.15, 0.2) is 29.6 Å². The standard InChI is InChI=1S/C26H33N3O2S/c30-24(27-22-12-6-10-18-7-4-5-11-21(18)22)23-17-32-25(28-23)19-13-15-29(16-14-19)26(31)20-8-2-1-3-9-20/h4-5,7,11,17,19-20,22H,1-3,6,8-10,12-16H2,(H,27,30). The normalized spacial score (nSPS) is 22.4. The molecule has 2 aromatic rings. The van der Waals surface area contributed by atoms with Crippen molar-refractivity contribution in [3.05, 3.63) is 51.5 Å². The number of nitrogens with one attached hydrogen (secondary N) is 1. The van der Waals surface area contributed by atoms with Crippen LogP contribution in [0.3, 0.4) is 0 Å². The van der Waals surface area contributed by atoms with Crippen LogP contribution >= 0.6 is 11.3 Å². The Morgan fingerprint density at radius 2 is 1.75 bits per heavy atom. The smallest absolute Gasteiger partial charge is 0.271 e. The number of thiazole rings is 1. The molecule has 5 nitrogen and oxygen atoms in total. The van der Waals surface area contributed by atoms with E-state index in [1.807, 2.05) is 5.38 Å². The van der Waals surface area contributed by atoms with Crippen molar-refractivity contribution in [3.8, 4) is 0 Å². The number of aryl methyl sites for hydroxylation is 1. The number of aromatic nitrogens is 1. The highest BCUT2D eigenvalue weighted by Crippen LogP contribution is 2.33. The third kappa shape index (κ3) is 4.61. The first-order valence-electron chi connectivity index (χ1n) is 12.3. The maximum Gasteiger partial charge on any atom is 0.271 e. The molecule has 5 rings (SSSR count). The second-order valence-electron chi connectivity index (χ2n) is 9.62. The summed E-state index contributed by atoms with van der Waals surface area (Å²) in [6, 6.07) is 8.50. The van der Waals surface area contributed by atoms with Crippen molar-refractivity contribution in [1.82, 2.24) is 15.2 Å². The van der Waals surface area contributed by atoms with Gasteiger partial charge in [-0.05, 0) is 56.1 Å². The van der Waals surface area contributed by atoms with Gasteiger partial charge in [0.05, 0.1) is 11.0 Å². The molecule has 0 radical (unpaired) electrons. The monoisotopic (exact) mass is 451 g/mol. The highest BCUT2D eigenvalue weighted by Gasteiger charge is 2.31. The average molecular weight is 452 g/mol. The highest BCUT2D eigenvalue weighted by molar-refractivity contribution is 7.09. The van der Waals surface area contributed by atoms with E-state index in [1.54, 1.807) is 11.3 Å². The van der Waals surface area contributed by atoms with Crippen LogP contribution in [0.5, 0.6) is 0 Å². The van der Waals surface area contributed by atoms with Gasteiger partial charge in [0, 0.05) is 30.3 Å². The second-order valence-corrected chi connectivity index (χ2v) is 10.5. The maximum atomic E-state index is 12.9. The zero-order valence-corrected chi connectivity index (χ0v) is 19.5. The molecular weight excluding hydrogens is 418 g/mol. The van der Waals surface area contributed by atoms with Gasteiger partial charge in [0.1, 0.15) is 5.69 Å². The fourth-order valence-corrected chi connectivity index (χ4v) is 6.64. The Morgan fingerprint density at radius 1 is 0.969 bits per heavy atom. The Hall–Kier alpha value is -2.21. The van der Waals surface area contributed by atoms with E-state index in [2.05, 4.69) is 34.5 Å². The molecule has 1 atom stereocenters. The van der Waals surface area contributed by atoms with Crippen LogP contribution in [0.25, 0.3) is 0 Å². The number of likely N-dealkylation sites (tertiary alicyclic amines) is 1. The van der Waals surface area contributed by atoms with Gasteiger partial charge in [0.25, 0.3) is 5.91 Å². The third-order valence-corrected chi connectivity index (χ3v) is 8.55. The molecule has 1 N–H and O–H groups in total. The molecule has 2 fully saturated rings. The van der Waals surface area contributed by atoms with Gasteiger partial charge in [0.2, 0.25) is 5.91 Å². The average Bonchev–Trinajstić information content (AvgIpc) is 3.35. The van der Waals surface area contributed by atoms with Crippen molar-refractivity contribution >= 4 is 23.2 Å². The van der Waals surface area contributed by atoms with Crippen molar-refractivity contribution in [1.29, 1.82) is 0 Å². The van der Waals surface area contributed by atoms with Crippen LogP contribution in [-0.4, -0.2) is 34.8 Å². The van der Waals surface area contributed by atoms with E-state index >= 15 is 0 Å². The van der Waals surface area contributed by atoms with Crippen molar-refractivity contribution in [2.45, 2.75) is 76.2 Å². The van der Waals surface area contributed by atoms with Crippen molar-refractivity contribution in [2.24, 2.45) is 5.92 Å². The van der Waals surface area contributed by atoms with Gasteiger partial charge < -0.3 is 10.2 Å². The Bertz CT molecular complexity index is 957. The van der Waals surface area contributed by atoms with E-state index in [4.69, 9.17) is 4.98 Å². The molecule has 1 saturated carbocycles. The number of piperidine rings is 1. The van der Waals surface area contributed by atoms with Crippen LogP contribution in [0, 0.1) is 5.92 Å². The third-order valence-electron chi connectivity index (χ3n) is 7.54. The summed E-state index contributed by atoms with van der Waals surface area (Å²) < 4.78 is 0. The zero-order chi connectivity index (χ0) is 21.9. The van der Waals surface area contributed by atoms with Gasteiger partial charge in [-0.15, -0.1) is 11.3 Å². The molecule has 1 aromatic carbocycles. The first-order valence-corrected chi connectivity index (χ1v) is 13.2. The van der Waals surface area contributed by atoms with Crippen LogP contribution in [0.4, 0.5) is 0 Å². The number of amides is 2. The molecule has 3 aliphatic rings. The maximum absolute atomic E-state index is 12.9. The predicted octanol–water partition coefficient (Wildman–Crippen LogP) is 5.24. The topological polar surface area (TPSA) is 62.3 Å². The molecule has 0 spiro atoms. The molecule has 1 aromatic heterocycles. The van der Waals surface area contributed by atoms with Gasteiger partial charge in [-0.25, -0.2) is 4.98 Å². The summed E-state index contributed by atoms with van der Waals surface area (Å²) in [6.45, 7) is 1.64. The lowest BCUT2D eigenvalue weighted by Gasteiger charge is -2.34. The Labute approximate surface area is 194 Å². The van der Waals surface area contributed by atoms with Gasteiger partial charge in [0.15, 0.2) is 0 Å². The molecule has 1 aliphatic heterocycles. The Balaban J connectivity index is 1.17. The van der Waals surface area contributed by atoms with Crippen molar-refractivity contribution < 1.29 is 9.59 Å². The summed E-state index contributed by atoms with van der Waals surface area (Å²) in [7, 11) is 0. The lowest BCUT2D eigenvalue weighted by atomic mass is 9.87. The quantitative estimate of drug-likeness (QED) is 0.692. The molecule has 32 heavy (non-hydrogen) atoms. The first-order chi connectivity index (χ1) is 15.7. The number of nitrogens with zero attached hydrogens (tertiary/aromatic N) is 2. The van der Waals surface area contributed by atoms with Crippen molar-refractivity contribution in [3.63, 3.8) is 0 Å². The lowest BCUT2D eigenvalue weighted by molar-refractivity contribution is -0.137. The number of hydrogen-bond donors (Lipinski definition) is 1. The van der Waals surface area contributed by atoms with Gasteiger partial charge in [-0.3, -0.25) is 9.59 Å². The number of fused-ring (bicyclic) bond motifs is 1. The molecule has 1 unspecified atom stereocenters. The molecule has 2 amide bonds. The number of benzene rings is 1. The summed E-state index contributed by atoms with van der Waals surface area (Å²) in [5.74, 6) is 0.905. The lowest BCUT2D eigenvalue weighted by Crippen LogP contribution is -2.41. The number of carbonyl (C=O) groups is 2. The van der Waals surface area contributed by atoms with Crippen LogP contribution in [-0.2, 0) is 11.2 Å². The summed E-state index contributed by atoms with van der Waals surface area (Å²) >= 11 is 1.59. The fourth-order valence-electron chi connectivity index (χ4n) is 5.67. The zero-order valence-electron chi connectivity index (χ0n) is 18.7. The van der Waals surface area contributed by atoms with Gasteiger partial charge in [-0.2, -0.15) is 0 Å². The Morgan fingerprint density at radius 3 is 2.56 bits per heavy atom. The summed E-state index contributed by atoms with van der Waals surface area (Å²) in [5, 5.41) is 6.17. The van der Waals surface area contributed by atoms with Crippen LogP contribution in [0.2, 0.25) is 0 Å². The van der Waals surface area contributed by atoms with E-state index < -0.39 is 0 Å². The number of carbonyl (C=O) groups excluding carboxylic acids is 2. The number of rotatable bonds is 4. The van der Waals surface area contributed by atoms with E-state index in [1.165, 1.54) is 30.4 Å². The summed E-state index contributed by atoms with van der Waals surface area (Å²) in [4.78, 5) is 32.5. The minimum absolute atomic E-state index is 0.0703. The summed E-state index contributed by atoms with van der Waals surface area (Å²) in [6.07, 6.45) is 10.9. The van der Waals surface area contributed by atoms with Crippen LogP contribution < -0.4 is 5.32 Å². The molecule has 2 heterocycles. The van der Waals surface area contributed by atoms with E-state index in [9.17, 15) is 9.59 Å². The van der Waals surface area contributed by atoms with Crippen LogP contribution in [0.1, 0.15) is 96.4 Å². The van der Waals surface area contributed by atoms with E-state index in [0.717, 1.165) is 63.0 Å². The fraction of sp³-hybridized carbons (Fsp3) is 0.577. The molecule has 170 valence electrons. The molecule has 1 saturated heterocycles. The number of hydrogen-bond acceptors (Lipinski definition) is 4. The van der Waals surface area contributed by atoms with Gasteiger partial charge >= 0.3 is 0 Å². The van der Waals surface area contributed by atoms with E-state index in [-0.39, 0.29) is 17.9 Å². The molecule has 6 heteroatoms. The minimum atomic E-state index is -0.0703. The molecule has 2 aliphatic carbocycles. The highest BCUT2D eigenvalue weighted by atomic mass is 32.1. The molecular formula is C26H33N3O2S. The van der Waals surface area contributed by atoms with Gasteiger partial charge in [-0.1, -0.05) is 43.5 Å². The molecule has 0 bridgehead atoms. The predicted molar refractivity (Wildman–Crippen MR) is 127 cm³/mol. The second kappa shape index (κ2) is 9.74. The van der Waals surface area contributed by atoms with E-state index in [0.29, 0.717) is 17.5 Å². The van der Waals surface area contributed by atoms with Crippen molar-refractivity contribution in [2.75, 3.05) is 13.1 Å². The largest absolute Gasteiger partial charge is 0.344 e. The summed E-state index contributed by atoms with van der Waals surface area (Å²) in [5.41, 5.74) is 3.13. The minimum Gasteiger partial charge on any atom is -0.344 e. The Kier molecular flexibility index (Phi) is 6.58.